The van der Waals surface area contributed by atoms with Crippen LogP contribution in [0.15, 0.2) is 12.3 Å². The summed E-state index contributed by atoms with van der Waals surface area (Å²) in [6.45, 7) is 7.50. The number of carbonyl (C=O) groups is 1. The molecular weight excluding hydrogens is 471 g/mol. The fourth-order valence-electron chi connectivity index (χ4n) is 2.87. The van der Waals surface area contributed by atoms with Gasteiger partial charge in [-0.25, -0.2) is 14.3 Å². The number of fused-ring (bicyclic) bond motifs is 1. The monoisotopic (exact) mass is 492 g/mol. The van der Waals surface area contributed by atoms with Crippen LogP contribution >= 0.6 is 34.2 Å². The zero-order chi connectivity index (χ0) is 18.9. The quantitative estimate of drug-likeness (QED) is 0.602. The minimum Gasteiger partial charge on any atom is -0.443 e. The minimum absolute atomic E-state index is 0.295. The van der Waals surface area contributed by atoms with Crippen molar-refractivity contribution in [2.45, 2.75) is 39.2 Å². The zero-order valence-corrected chi connectivity index (χ0v) is 18.0. The van der Waals surface area contributed by atoms with Gasteiger partial charge >= 0.3 is 6.09 Å². The van der Waals surface area contributed by atoms with E-state index in [1.54, 1.807) is 21.7 Å². The zero-order valence-electron chi connectivity index (χ0n) is 15.0. The van der Waals surface area contributed by atoms with Crippen LogP contribution in [0.3, 0.4) is 0 Å². The summed E-state index contributed by atoms with van der Waals surface area (Å²) in [5, 5.41) is 4.57. The van der Waals surface area contributed by atoms with Gasteiger partial charge in [-0.15, -0.1) is 0 Å². The molecule has 0 N–H and O–H groups in total. The lowest BCUT2D eigenvalue weighted by Gasteiger charge is -2.31. The van der Waals surface area contributed by atoms with Crippen molar-refractivity contribution in [3.8, 4) is 0 Å². The van der Waals surface area contributed by atoms with E-state index in [0.29, 0.717) is 42.2 Å². The Labute approximate surface area is 171 Å². The first-order valence-electron chi connectivity index (χ1n) is 8.52. The summed E-state index contributed by atoms with van der Waals surface area (Å²) in [5.74, 6) is 0.331. The molecule has 9 heteroatoms. The largest absolute Gasteiger partial charge is 0.443 e. The summed E-state index contributed by atoms with van der Waals surface area (Å²) < 4.78 is 13.5. The molecular formula is C17H22ClIN4O3. The maximum absolute atomic E-state index is 13.0. The van der Waals surface area contributed by atoms with E-state index in [9.17, 15) is 4.79 Å². The molecule has 142 valence electrons. The lowest BCUT2D eigenvalue weighted by Crippen LogP contribution is -2.41. The number of halogens is 2. The number of aromatic nitrogens is 3. The molecule has 0 radical (unpaired) electrons. The van der Waals surface area contributed by atoms with Crippen molar-refractivity contribution in [2.24, 2.45) is 5.92 Å². The van der Waals surface area contributed by atoms with Crippen LogP contribution in [0.5, 0.6) is 0 Å². The molecule has 1 aliphatic rings. The predicted octanol–water partition coefficient (Wildman–Crippen LogP) is 4.16. The van der Waals surface area contributed by atoms with Crippen molar-refractivity contribution in [1.29, 1.82) is 0 Å². The van der Waals surface area contributed by atoms with Gasteiger partial charge in [0.05, 0.1) is 11.9 Å². The molecule has 0 unspecified atom stereocenters. The first kappa shape index (κ1) is 19.6. The Kier molecular flexibility index (Phi) is 5.93. The number of imidazole rings is 1. The molecule has 0 spiro atoms. The maximum Gasteiger partial charge on any atom is 0.414 e. The summed E-state index contributed by atoms with van der Waals surface area (Å²) in [4.78, 5) is 19.0. The van der Waals surface area contributed by atoms with Crippen LogP contribution in [0.2, 0.25) is 5.15 Å². The number of carbonyl (C=O) groups excluding carboxylic acids is 1. The van der Waals surface area contributed by atoms with Gasteiger partial charge in [-0.05, 0) is 62.1 Å². The minimum atomic E-state index is -0.595. The molecule has 3 rings (SSSR count). The number of rotatable bonds is 3. The van der Waals surface area contributed by atoms with Gasteiger partial charge in [0.2, 0.25) is 0 Å². The smallest absolute Gasteiger partial charge is 0.414 e. The number of anilines is 1. The standard InChI is InChI=1S/C17H22ClIN4O3/c1-17(2,3)26-16(24)22(10-11-4-6-25-7-5-11)12-8-13(18)21-23-14(19)9-20-15(12)23/h8-9,11H,4-7,10H2,1-3H3. The van der Waals surface area contributed by atoms with Crippen LogP contribution in [0.4, 0.5) is 10.5 Å². The highest BCUT2D eigenvalue weighted by atomic mass is 127. The Morgan fingerprint density at radius 1 is 1.46 bits per heavy atom. The van der Waals surface area contributed by atoms with Crippen LogP contribution in [0.1, 0.15) is 33.6 Å². The van der Waals surface area contributed by atoms with E-state index in [0.717, 1.165) is 16.5 Å². The second-order valence-corrected chi connectivity index (χ2v) is 8.81. The Bertz CT molecular complexity index is 799. The van der Waals surface area contributed by atoms with E-state index >= 15 is 0 Å². The van der Waals surface area contributed by atoms with Gasteiger partial charge in [0, 0.05) is 25.8 Å². The number of amides is 1. The number of hydrogen-bond donors (Lipinski definition) is 0. The molecule has 0 bridgehead atoms. The van der Waals surface area contributed by atoms with Crippen molar-refractivity contribution in [3.05, 3.63) is 21.1 Å². The van der Waals surface area contributed by atoms with Crippen molar-refractivity contribution in [2.75, 3.05) is 24.7 Å². The first-order chi connectivity index (χ1) is 12.2. The Morgan fingerprint density at radius 2 is 2.15 bits per heavy atom. The molecule has 26 heavy (non-hydrogen) atoms. The van der Waals surface area contributed by atoms with E-state index in [1.807, 2.05) is 20.8 Å². The van der Waals surface area contributed by atoms with Crippen molar-refractivity contribution in [1.82, 2.24) is 14.6 Å². The molecule has 2 aromatic heterocycles. The lowest BCUT2D eigenvalue weighted by atomic mass is 9.99. The van der Waals surface area contributed by atoms with Gasteiger partial charge in [0.1, 0.15) is 9.30 Å². The summed E-state index contributed by atoms with van der Waals surface area (Å²) >= 11 is 8.35. The second kappa shape index (κ2) is 7.85. The molecule has 2 aromatic rings. The predicted molar refractivity (Wildman–Crippen MR) is 108 cm³/mol. The average Bonchev–Trinajstić information content (AvgIpc) is 2.92. The van der Waals surface area contributed by atoms with Crippen molar-refractivity contribution < 1.29 is 14.3 Å². The molecule has 7 nitrogen and oxygen atoms in total. The Hall–Kier alpha value is -1.13. The third-order valence-electron chi connectivity index (χ3n) is 4.06. The van der Waals surface area contributed by atoms with Crippen LogP contribution < -0.4 is 4.90 Å². The first-order valence-corrected chi connectivity index (χ1v) is 9.98. The lowest BCUT2D eigenvalue weighted by molar-refractivity contribution is 0.0515. The van der Waals surface area contributed by atoms with Crippen LogP contribution in [-0.2, 0) is 9.47 Å². The Balaban J connectivity index is 2.00. The molecule has 1 aliphatic heterocycles. The highest BCUT2D eigenvalue weighted by Crippen LogP contribution is 2.29. The maximum atomic E-state index is 13.0. The van der Waals surface area contributed by atoms with Gasteiger partial charge in [-0.3, -0.25) is 4.90 Å². The van der Waals surface area contributed by atoms with Gasteiger partial charge in [-0.1, -0.05) is 11.6 Å². The van der Waals surface area contributed by atoms with Gasteiger partial charge in [-0.2, -0.15) is 5.10 Å². The molecule has 0 aliphatic carbocycles. The molecule has 0 atom stereocenters. The molecule has 0 saturated carbocycles. The fourth-order valence-corrected chi connectivity index (χ4v) is 3.53. The molecule has 0 aromatic carbocycles. The third kappa shape index (κ3) is 4.58. The molecule has 3 heterocycles. The van der Waals surface area contributed by atoms with E-state index in [-0.39, 0.29) is 0 Å². The average molecular weight is 493 g/mol. The topological polar surface area (TPSA) is 69.0 Å². The highest BCUT2D eigenvalue weighted by Gasteiger charge is 2.29. The van der Waals surface area contributed by atoms with Crippen molar-refractivity contribution >= 4 is 51.6 Å². The van der Waals surface area contributed by atoms with E-state index in [2.05, 4.69) is 32.7 Å². The van der Waals surface area contributed by atoms with E-state index in [4.69, 9.17) is 21.1 Å². The Morgan fingerprint density at radius 3 is 2.81 bits per heavy atom. The van der Waals surface area contributed by atoms with Gasteiger partial charge in [0.15, 0.2) is 10.8 Å². The van der Waals surface area contributed by atoms with Gasteiger partial charge in [0.25, 0.3) is 0 Å². The van der Waals surface area contributed by atoms with Crippen LogP contribution in [-0.4, -0.2) is 46.1 Å². The van der Waals surface area contributed by atoms with Crippen LogP contribution in [0.25, 0.3) is 5.65 Å². The van der Waals surface area contributed by atoms with E-state index in [1.165, 1.54) is 0 Å². The van der Waals surface area contributed by atoms with E-state index < -0.39 is 11.7 Å². The van der Waals surface area contributed by atoms with Crippen molar-refractivity contribution in [3.63, 3.8) is 0 Å². The molecule has 1 amide bonds. The normalized spacial score (nSPS) is 16.0. The summed E-state index contributed by atoms with van der Waals surface area (Å²) in [6.07, 6.45) is 3.09. The number of nitrogens with zero attached hydrogens (tertiary/aromatic N) is 4. The number of ether oxygens (including phenoxy) is 2. The summed E-state index contributed by atoms with van der Waals surface area (Å²) in [6, 6.07) is 1.67. The summed E-state index contributed by atoms with van der Waals surface area (Å²) in [7, 11) is 0. The fraction of sp³-hybridized carbons (Fsp3) is 0.588. The molecule has 1 saturated heterocycles. The molecule has 1 fully saturated rings. The SMILES string of the molecule is CC(C)(C)OC(=O)N(CC1CCOCC1)c1cc(Cl)nn2c(I)cnc12. The van der Waals surface area contributed by atoms with Crippen LogP contribution in [0, 0.1) is 9.62 Å². The number of hydrogen-bond acceptors (Lipinski definition) is 5. The summed E-state index contributed by atoms with van der Waals surface area (Å²) in [5.41, 5.74) is 0.590. The second-order valence-electron chi connectivity index (χ2n) is 7.32. The highest BCUT2D eigenvalue weighted by molar-refractivity contribution is 14.1. The third-order valence-corrected chi connectivity index (χ3v) is 4.98. The van der Waals surface area contributed by atoms with Gasteiger partial charge < -0.3 is 9.47 Å².